The minimum atomic E-state index is -3.08. The van der Waals surface area contributed by atoms with E-state index in [1.54, 1.807) is 7.05 Å². The van der Waals surface area contributed by atoms with Crippen LogP contribution in [0.2, 0.25) is 0 Å². The number of carbonyl (C=O) groups excluding carboxylic acids is 1. The van der Waals surface area contributed by atoms with Gasteiger partial charge in [-0.3, -0.25) is 4.79 Å². The molecule has 2 N–H and O–H groups in total. The van der Waals surface area contributed by atoms with Crippen molar-refractivity contribution >= 4 is 21.8 Å². The summed E-state index contributed by atoms with van der Waals surface area (Å²) in [6.07, 6.45) is 4.04. The predicted octanol–water partition coefficient (Wildman–Crippen LogP) is 0.563. The lowest BCUT2D eigenvalue weighted by molar-refractivity contribution is -0.143. The number of urea groups is 1. The van der Waals surface area contributed by atoms with Crippen LogP contribution < -0.4 is 5.32 Å². The number of sulfone groups is 1. The fraction of sp³-hybridized carbons (Fsp3) is 0.846. The van der Waals surface area contributed by atoms with Crippen molar-refractivity contribution in [2.45, 2.75) is 25.7 Å². The van der Waals surface area contributed by atoms with Crippen LogP contribution in [0.4, 0.5) is 4.79 Å². The van der Waals surface area contributed by atoms with Gasteiger partial charge in [0.05, 0.1) is 11.7 Å². The van der Waals surface area contributed by atoms with Crippen molar-refractivity contribution in [2.24, 2.45) is 11.8 Å². The molecule has 0 radical (unpaired) electrons. The Morgan fingerprint density at radius 2 is 1.81 bits per heavy atom. The van der Waals surface area contributed by atoms with E-state index in [0.29, 0.717) is 25.3 Å². The first-order valence-corrected chi connectivity index (χ1v) is 9.14. The van der Waals surface area contributed by atoms with E-state index in [-0.39, 0.29) is 24.2 Å². The van der Waals surface area contributed by atoms with E-state index < -0.39 is 15.8 Å². The number of hydrogen-bond donors (Lipinski definition) is 2. The largest absolute Gasteiger partial charge is 0.481 e. The Morgan fingerprint density at radius 3 is 2.29 bits per heavy atom. The van der Waals surface area contributed by atoms with Crippen LogP contribution in [-0.2, 0) is 14.6 Å². The average molecular weight is 320 g/mol. The smallest absolute Gasteiger partial charge is 0.317 e. The zero-order valence-corrected chi connectivity index (χ0v) is 13.4. The molecule has 0 heterocycles. The van der Waals surface area contributed by atoms with Gasteiger partial charge in [0.1, 0.15) is 9.84 Å². The number of carbonyl (C=O) groups is 2. The molecule has 0 bridgehead atoms. The first-order chi connectivity index (χ1) is 9.69. The fourth-order valence-electron chi connectivity index (χ4n) is 2.38. The molecule has 0 atom stereocenters. The van der Waals surface area contributed by atoms with Gasteiger partial charge in [0, 0.05) is 26.4 Å². The van der Waals surface area contributed by atoms with E-state index in [4.69, 9.17) is 5.11 Å². The van der Waals surface area contributed by atoms with E-state index in [1.165, 1.54) is 4.90 Å². The maximum Gasteiger partial charge on any atom is 0.317 e. The molecule has 1 fully saturated rings. The van der Waals surface area contributed by atoms with Gasteiger partial charge in [0.2, 0.25) is 0 Å². The SMILES string of the molecule is CN(CCS(C)(=O)=O)C(=O)NCC1CCC(C(=O)O)CC1. The molecule has 1 rings (SSSR count). The summed E-state index contributed by atoms with van der Waals surface area (Å²) in [7, 11) is -1.52. The number of carboxylic acid groups (broad SMARTS) is 1. The van der Waals surface area contributed by atoms with Crippen LogP contribution in [0.15, 0.2) is 0 Å². The Hall–Kier alpha value is -1.31. The Bertz CT molecular complexity index is 469. The lowest BCUT2D eigenvalue weighted by Gasteiger charge is -2.27. The maximum absolute atomic E-state index is 11.8. The highest BCUT2D eigenvalue weighted by Crippen LogP contribution is 2.28. The minimum absolute atomic E-state index is 0.0549. The molecule has 1 aliphatic rings. The molecule has 122 valence electrons. The third kappa shape index (κ3) is 6.79. The van der Waals surface area contributed by atoms with Gasteiger partial charge in [0.15, 0.2) is 0 Å². The second-order valence-corrected chi connectivity index (χ2v) is 8.05. The van der Waals surface area contributed by atoms with Crippen molar-refractivity contribution in [3.8, 4) is 0 Å². The summed E-state index contributed by atoms with van der Waals surface area (Å²) in [5.74, 6) is -0.749. The Labute approximate surface area is 125 Å². The van der Waals surface area contributed by atoms with E-state index >= 15 is 0 Å². The third-order valence-corrected chi connectivity index (χ3v) is 4.81. The van der Waals surface area contributed by atoms with Gasteiger partial charge < -0.3 is 15.3 Å². The normalized spacial score (nSPS) is 22.6. The second kappa shape index (κ2) is 7.63. The lowest BCUT2D eigenvalue weighted by Crippen LogP contribution is -2.42. The number of nitrogens with one attached hydrogen (secondary N) is 1. The molecule has 0 aromatic carbocycles. The van der Waals surface area contributed by atoms with E-state index in [9.17, 15) is 18.0 Å². The zero-order valence-electron chi connectivity index (χ0n) is 12.5. The summed E-state index contributed by atoms with van der Waals surface area (Å²) < 4.78 is 22.1. The number of aliphatic carboxylic acids is 1. The summed E-state index contributed by atoms with van der Waals surface area (Å²) in [4.78, 5) is 24.0. The summed E-state index contributed by atoms with van der Waals surface area (Å²) >= 11 is 0. The number of rotatable bonds is 6. The molecule has 21 heavy (non-hydrogen) atoms. The second-order valence-electron chi connectivity index (χ2n) is 5.79. The molecule has 7 nitrogen and oxygen atoms in total. The molecule has 0 saturated heterocycles. The maximum atomic E-state index is 11.8. The van der Waals surface area contributed by atoms with Crippen molar-refractivity contribution in [3.63, 3.8) is 0 Å². The van der Waals surface area contributed by atoms with Gasteiger partial charge in [-0.05, 0) is 31.6 Å². The molecule has 0 aromatic heterocycles. The monoisotopic (exact) mass is 320 g/mol. The Kier molecular flexibility index (Phi) is 6.44. The van der Waals surface area contributed by atoms with Gasteiger partial charge >= 0.3 is 12.0 Å². The van der Waals surface area contributed by atoms with E-state index in [0.717, 1.165) is 19.1 Å². The molecular formula is C13H24N2O5S. The first kappa shape index (κ1) is 17.7. The van der Waals surface area contributed by atoms with Gasteiger partial charge in [0.25, 0.3) is 0 Å². The standard InChI is InChI=1S/C13H24N2O5S/c1-15(7-8-21(2,19)20)13(18)14-9-10-3-5-11(6-4-10)12(16)17/h10-11H,3-9H2,1-2H3,(H,14,18)(H,16,17). The van der Waals surface area contributed by atoms with Crippen LogP contribution in [0.25, 0.3) is 0 Å². The molecule has 1 saturated carbocycles. The molecule has 0 aromatic rings. The van der Waals surface area contributed by atoms with Crippen LogP contribution in [-0.4, -0.2) is 62.6 Å². The highest BCUT2D eigenvalue weighted by molar-refractivity contribution is 7.90. The summed E-state index contributed by atoms with van der Waals surface area (Å²) in [6, 6.07) is -0.293. The molecular weight excluding hydrogens is 296 g/mol. The van der Waals surface area contributed by atoms with Crippen molar-refractivity contribution < 1.29 is 23.1 Å². The topological polar surface area (TPSA) is 104 Å². The van der Waals surface area contributed by atoms with Crippen molar-refractivity contribution in [2.75, 3.05) is 32.1 Å². The van der Waals surface area contributed by atoms with Gasteiger partial charge in [-0.25, -0.2) is 13.2 Å². The van der Waals surface area contributed by atoms with E-state index in [1.807, 2.05) is 0 Å². The van der Waals surface area contributed by atoms with Crippen LogP contribution in [0.5, 0.6) is 0 Å². The molecule has 8 heteroatoms. The molecule has 0 unspecified atom stereocenters. The number of hydrogen-bond acceptors (Lipinski definition) is 4. The lowest BCUT2D eigenvalue weighted by atomic mass is 9.82. The predicted molar refractivity (Wildman–Crippen MR) is 78.8 cm³/mol. The Morgan fingerprint density at radius 1 is 1.24 bits per heavy atom. The van der Waals surface area contributed by atoms with Crippen molar-refractivity contribution in [1.29, 1.82) is 0 Å². The number of nitrogens with zero attached hydrogens (tertiary/aromatic N) is 1. The quantitative estimate of drug-likeness (QED) is 0.744. The van der Waals surface area contributed by atoms with Crippen molar-refractivity contribution in [3.05, 3.63) is 0 Å². The summed E-state index contributed by atoms with van der Waals surface area (Å²) in [6.45, 7) is 0.671. The van der Waals surface area contributed by atoms with Crippen LogP contribution >= 0.6 is 0 Å². The van der Waals surface area contributed by atoms with Gasteiger partial charge in [-0.1, -0.05) is 0 Å². The number of carboxylic acids is 1. The molecule has 0 aliphatic heterocycles. The minimum Gasteiger partial charge on any atom is -0.481 e. The highest BCUT2D eigenvalue weighted by atomic mass is 32.2. The average Bonchev–Trinajstić information content (AvgIpc) is 2.41. The van der Waals surface area contributed by atoms with Gasteiger partial charge in [-0.2, -0.15) is 0 Å². The number of amides is 2. The van der Waals surface area contributed by atoms with Gasteiger partial charge in [-0.15, -0.1) is 0 Å². The van der Waals surface area contributed by atoms with Crippen LogP contribution in [0.3, 0.4) is 0 Å². The van der Waals surface area contributed by atoms with E-state index in [2.05, 4.69) is 5.32 Å². The Balaban J connectivity index is 2.26. The van der Waals surface area contributed by atoms with Crippen molar-refractivity contribution in [1.82, 2.24) is 10.2 Å². The fourth-order valence-corrected chi connectivity index (χ4v) is 2.99. The van der Waals surface area contributed by atoms with Crippen LogP contribution in [0, 0.1) is 11.8 Å². The molecule has 1 aliphatic carbocycles. The summed E-state index contributed by atoms with van der Waals surface area (Å²) in [5, 5.41) is 11.7. The summed E-state index contributed by atoms with van der Waals surface area (Å²) in [5.41, 5.74) is 0. The third-order valence-electron chi connectivity index (χ3n) is 3.88. The molecule has 0 spiro atoms. The zero-order chi connectivity index (χ0) is 16.0. The first-order valence-electron chi connectivity index (χ1n) is 7.08. The molecule has 2 amide bonds. The highest BCUT2D eigenvalue weighted by Gasteiger charge is 2.26. The van der Waals surface area contributed by atoms with Crippen LogP contribution in [0.1, 0.15) is 25.7 Å².